The van der Waals surface area contributed by atoms with Gasteiger partial charge >= 0.3 is 0 Å². The molecule has 0 radical (unpaired) electrons. The Balaban J connectivity index is 1.98. The molecule has 0 aromatic carbocycles. The van der Waals surface area contributed by atoms with Crippen LogP contribution >= 0.6 is 0 Å². The van der Waals surface area contributed by atoms with E-state index in [4.69, 9.17) is 0 Å². The summed E-state index contributed by atoms with van der Waals surface area (Å²) in [6.07, 6.45) is 7.69. The molecule has 2 nitrogen and oxygen atoms in total. The van der Waals surface area contributed by atoms with E-state index in [1.165, 1.54) is 12.8 Å². The zero-order valence-corrected chi connectivity index (χ0v) is 13.6. The first kappa shape index (κ1) is 15.1. The van der Waals surface area contributed by atoms with Gasteiger partial charge in [-0.25, -0.2) is 0 Å². The highest BCUT2D eigenvalue weighted by molar-refractivity contribution is 5.20. The van der Waals surface area contributed by atoms with Crippen molar-refractivity contribution in [3.63, 3.8) is 0 Å². The molecule has 1 saturated carbocycles. The number of fused-ring (bicyclic) bond motifs is 2. The number of hydrogen-bond donors (Lipinski definition) is 2. The molecule has 3 unspecified atom stereocenters. The van der Waals surface area contributed by atoms with E-state index in [0.717, 1.165) is 24.9 Å². The highest BCUT2D eigenvalue weighted by Gasteiger charge is 2.48. The van der Waals surface area contributed by atoms with Crippen LogP contribution in [-0.4, -0.2) is 24.2 Å². The largest absolute Gasteiger partial charge is 0.312 e. The van der Waals surface area contributed by atoms with E-state index in [0.29, 0.717) is 5.41 Å². The molecule has 2 rings (SSSR count). The van der Waals surface area contributed by atoms with Crippen LogP contribution in [0.4, 0.5) is 0 Å². The van der Waals surface area contributed by atoms with Crippen LogP contribution in [0.5, 0.6) is 0 Å². The maximum absolute atomic E-state index is 3.73. The summed E-state index contributed by atoms with van der Waals surface area (Å²) in [6.45, 7) is 15.8. The van der Waals surface area contributed by atoms with E-state index in [1.807, 2.05) is 0 Å². The lowest BCUT2D eigenvalue weighted by Crippen LogP contribution is -2.48. The van der Waals surface area contributed by atoms with Gasteiger partial charge in [-0.3, -0.25) is 0 Å². The minimum absolute atomic E-state index is 0.214. The van der Waals surface area contributed by atoms with Gasteiger partial charge in [-0.15, -0.1) is 0 Å². The van der Waals surface area contributed by atoms with E-state index in [-0.39, 0.29) is 11.1 Å². The quantitative estimate of drug-likeness (QED) is 0.761. The molecule has 110 valence electrons. The van der Waals surface area contributed by atoms with Crippen LogP contribution in [0.1, 0.15) is 54.4 Å². The summed E-state index contributed by atoms with van der Waals surface area (Å²) in [5.41, 5.74) is 0.839. The maximum atomic E-state index is 3.73. The van der Waals surface area contributed by atoms with Gasteiger partial charge in [0.1, 0.15) is 0 Å². The molecule has 3 atom stereocenters. The molecule has 2 heteroatoms. The third-order valence-corrected chi connectivity index (χ3v) is 4.57. The molecular formula is C17H32N2. The Morgan fingerprint density at radius 2 is 1.68 bits per heavy atom. The summed E-state index contributed by atoms with van der Waals surface area (Å²) >= 11 is 0. The van der Waals surface area contributed by atoms with Gasteiger partial charge in [-0.1, -0.05) is 12.2 Å². The smallest absolute Gasteiger partial charge is 0.00968 e. The average Bonchev–Trinajstić information content (AvgIpc) is 2.79. The molecule has 2 aliphatic carbocycles. The standard InChI is InChI=1S/C17H32N2/c1-15(2,3)18-11-14-9-13-7-8-17(14,10-13)12-19-16(4,5)6/h7-8,13-14,18-19H,9-12H2,1-6H3. The highest BCUT2D eigenvalue weighted by atomic mass is 15.0. The second-order valence-electron chi connectivity index (χ2n) is 8.72. The minimum atomic E-state index is 0.214. The van der Waals surface area contributed by atoms with Gasteiger partial charge in [0.15, 0.2) is 0 Å². The normalized spacial score (nSPS) is 34.2. The molecular weight excluding hydrogens is 232 g/mol. The Morgan fingerprint density at radius 3 is 2.21 bits per heavy atom. The van der Waals surface area contributed by atoms with Crippen molar-refractivity contribution in [3.05, 3.63) is 12.2 Å². The first-order chi connectivity index (χ1) is 8.60. The highest BCUT2D eigenvalue weighted by Crippen LogP contribution is 2.52. The zero-order valence-electron chi connectivity index (χ0n) is 13.6. The molecule has 0 aliphatic heterocycles. The maximum Gasteiger partial charge on any atom is 0.00968 e. The SMILES string of the molecule is CC(C)(C)NCC1CC2C=CC1(CNC(C)(C)C)C2. The Bertz CT molecular complexity index is 345. The number of hydrogen-bond acceptors (Lipinski definition) is 2. The molecule has 0 amide bonds. The predicted octanol–water partition coefficient (Wildman–Crippen LogP) is 3.35. The molecule has 0 spiro atoms. The van der Waals surface area contributed by atoms with E-state index >= 15 is 0 Å². The monoisotopic (exact) mass is 264 g/mol. The Hall–Kier alpha value is -0.340. The van der Waals surface area contributed by atoms with Gasteiger partial charge in [0.05, 0.1) is 0 Å². The van der Waals surface area contributed by atoms with Gasteiger partial charge in [-0.2, -0.15) is 0 Å². The Labute approximate surface area is 119 Å². The summed E-state index contributed by atoms with van der Waals surface area (Å²) in [5.74, 6) is 1.62. The van der Waals surface area contributed by atoms with Gasteiger partial charge in [0.2, 0.25) is 0 Å². The molecule has 0 aromatic rings. The molecule has 1 fully saturated rings. The van der Waals surface area contributed by atoms with E-state index < -0.39 is 0 Å². The van der Waals surface area contributed by atoms with Crippen LogP contribution < -0.4 is 10.6 Å². The van der Waals surface area contributed by atoms with Crippen LogP contribution in [0, 0.1) is 17.3 Å². The second kappa shape index (κ2) is 4.89. The number of nitrogens with one attached hydrogen (secondary N) is 2. The lowest BCUT2D eigenvalue weighted by molar-refractivity contribution is 0.218. The Kier molecular flexibility index (Phi) is 3.88. The fourth-order valence-corrected chi connectivity index (χ4v) is 3.44. The van der Waals surface area contributed by atoms with Gasteiger partial charge < -0.3 is 10.6 Å². The van der Waals surface area contributed by atoms with Crippen molar-refractivity contribution in [1.82, 2.24) is 10.6 Å². The van der Waals surface area contributed by atoms with Gasteiger partial charge in [-0.05, 0) is 72.8 Å². The average molecular weight is 264 g/mol. The molecule has 2 aliphatic rings. The molecule has 0 heterocycles. The summed E-state index contributed by atoms with van der Waals surface area (Å²) in [5, 5.41) is 7.44. The summed E-state index contributed by atoms with van der Waals surface area (Å²) in [6, 6.07) is 0. The van der Waals surface area contributed by atoms with Crippen molar-refractivity contribution in [2.24, 2.45) is 17.3 Å². The fraction of sp³-hybridized carbons (Fsp3) is 0.882. The van der Waals surface area contributed by atoms with E-state index in [9.17, 15) is 0 Å². The first-order valence-electron chi connectivity index (χ1n) is 7.79. The van der Waals surface area contributed by atoms with Crippen molar-refractivity contribution in [3.8, 4) is 0 Å². The summed E-state index contributed by atoms with van der Waals surface area (Å²) in [7, 11) is 0. The lowest BCUT2D eigenvalue weighted by Gasteiger charge is -2.37. The van der Waals surface area contributed by atoms with Crippen molar-refractivity contribution < 1.29 is 0 Å². The fourth-order valence-electron chi connectivity index (χ4n) is 3.44. The van der Waals surface area contributed by atoms with E-state index in [2.05, 4.69) is 64.3 Å². The van der Waals surface area contributed by atoms with Gasteiger partial charge in [0.25, 0.3) is 0 Å². The van der Waals surface area contributed by atoms with Crippen LogP contribution in [0.2, 0.25) is 0 Å². The van der Waals surface area contributed by atoms with Crippen molar-refractivity contribution in [2.75, 3.05) is 13.1 Å². The third kappa shape index (κ3) is 3.82. The molecule has 0 aromatic heterocycles. The van der Waals surface area contributed by atoms with Crippen LogP contribution in [0.15, 0.2) is 12.2 Å². The van der Waals surface area contributed by atoms with Gasteiger partial charge in [0, 0.05) is 23.0 Å². The molecule has 2 N–H and O–H groups in total. The predicted molar refractivity (Wildman–Crippen MR) is 83.3 cm³/mol. The number of allylic oxidation sites excluding steroid dienone is 1. The minimum Gasteiger partial charge on any atom is -0.312 e. The first-order valence-corrected chi connectivity index (χ1v) is 7.79. The van der Waals surface area contributed by atoms with Crippen molar-refractivity contribution in [2.45, 2.75) is 65.5 Å². The van der Waals surface area contributed by atoms with Crippen LogP contribution in [0.25, 0.3) is 0 Å². The molecule has 19 heavy (non-hydrogen) atoms. The molecule has 2 bridgehead atoms. The van der Waals surface area contributed by atoms with Crippen LogP contribution in [-0.2, 0) is 0 Å². The lowest BCUT2D eigenvalue weighted by atomic mass is 9.77. The second-order valence-corrected chi connectivity index (χ2v) is 8.72. The van der Waals surface area contributed by atoms with Crippen molar-refractivity contribution in [1.29, 1.82) is 0 Å². The number of rotatable bonds is 4. The zero-order chi connectivity index (χ0) is 14.3. The summed E-state index contributed by atoms with van der Waals surface area (Å²) < 4.78 is 0. The van der Waals surface area contributed by atoms with E-state index in [1.54, 1.807) is 0 Å². The molecule has 0 saturated heterocycles. The van der Waals surface area contributed by atoms with Crippen molar-refractivity contribution >= 4 is 0 Å². The summed E-state index contributed by atoms with van der Waals surface area (Å²) in [4.78, 5) is 0. The third-order valence-electron chi connectivity index (χ3n) is 4.57. The topological polar surface area (TPSA) is 24.1 Å². The van der Waals surface area contributed by atoms with Crippen LogP contribution in [0.3, 0.4) is 0 Å². The Morgan fingerprint density at radius 1 is 1.05 bits per heavy atom.